The van der Waals surface area contributed by atoms with Crippen molar-refractivity contribution in [3.63, 3.8) is 0 Å². The monoisotopic (exact) mass is 494 g/mol. The molecule has 4 nitrogen and oxygen atoms in total. The van der Waals surface area contributed by atoms with Crippen molar-refractivity contribution in [1.82, 2.24) is 0 Å². The van der Waals surface area contributed by atoms with Gasteiger partial charge in [0.25, 0.3) is 0 Å². The lowest BCUT2D eigenvalue weighted by Gasteiger charge is -2.51. The first kappa shape index (κ1) is 22.7. The van der Waals surface area contributed by atoms with Crippen molar-refractivity contribution in [2.45, 2.75) is 48.2 Å². The third kappa shape index (κ3) is 3.11. The van der Waals surface area contributed by atoms with Gasteiger partial charge >= 0.3 is 11.9 Å². The van der Waals surface area contributed by atoms with E-state index < -0.39 is 0 Å². The first-order chi connectivity index (χ1) is 16.5. The van der Waals surface area contributed by atoms with Gasteiger partial charge < -0.3 is 9.47 Å². The Morgan fingerprint density at radius 1 is 0.735 bits per heavy atom. The number of fused-ring (bicyclic) bond motifs is 9. The van der Waals surface area contributed by atoms with Gasteiger partial charge in [0.05, 0.1) is 11.1 Å². The molecule has 6 rings (SSSR count). The first-order valence-electron chi connectivity index (χ1n) is 12.4. The fourth-order valence-corrected chi connectivity index (χ4v) is 11.9. The zero-order valence-corrected chi connectivity index (χ0v) is 21.7. The van der Waals surface area contributed by atoms with Crippen LogP contribution in [0.3, 0.4) is 0 Å². The van der Waals surface area contributed by atoms with Crippen molar-refractivity contribution in [3.05, 3.63) is 71.8 Å². The van der Waals surface area contributed by atoms with Gasteiger partial charge in [-0.1, -0.05) is 36.4 Å². The lowest BCUT2D eigenvalue weighted by Crippen LogP contribution is -2.59. The highest BCUT2D eigenvalue weighted by atomic mass is 31.1. The Balaban J connectivity index is 1.41. The molecular weight excluding hydrogens is 462 g/mol. The quantitative estimate of drug-likeness (QED) is 0.298. The average Bonchev–Trinajstić information content (AvgIpc) is 3.63. The number of ether oxygens (including phenoxy) is 2. The van der Waals surface area contributed by atoms with Gasteiger partial charge in [-0.15, -0.1) is 17.2 Å². The molecule has 10 unspecified atom stereocenters. The van der Waals surface area contributed by atoms with Gasteiger partial charge in [0.2, 0.25) is 0 Å². The fraction of sp³-hybridized carbons (Fsp3) is 0.500. The largest absolute Gasteiger partial charge is 0.454 e. The molecule has 10 atom stereocenters. The molecular formula is C28H32O4P2. The minimum Gasteiger partial charge on any atom is -0.454 e. The maximum atomic E-state index is 13.3. The molecule has 178 valence electrons. The van der Waals surface area contributed by atoms with Crippen LogP contribution >= 0.6 is 17.2 Å². The molecule has 34 heavy (non-hydrogen) atoms. The molecule has 0 spiro atoms. The molecule has 4 aliphatic carbocycles. The standard InChI is InChI=1S/C28H32O4P2/c1-33-27-16-28(34-2,22-20-14-13-19(15-20)21(22)27)24(32-26(30)18-11-7-4-8-12-18)23(27)31-25(29)17-9-5-3-6-10-17/h3-12,19-24,33-34H,13-16H2,1-2H3. The van der Waals surface area contributed by atoms with Crippen molar-refractivity contribution >= 4 is 29.1 Å². The van der Waals surface area contributed by atoms with Crippen LogP contribution in [-0.2, 0) is 9.47 Å². The van der Waals surface area contributed by atoms with E-state index in [1.807, 2.05) is 36.4 Å². The van der Waals surface area contributed by atoms with Crippen LogP contribution in [0.15, 0.2) is 60.7 Å². The highest BCUT2D eigenvalue weighted by Crippen LogP contribution is 2.79. The zero-order valence-electron chi connectivity index (χ0n) is 19.7. The van der Waals surface area contributed by atoms with E-state index in [4.69, 9.17) is 9.47 Å². The molecule has 0 aromatic heterocycles. The molecule has 0 saturated heterocycles. The van der Waals surface area contributed by atoms with Crippen molar-refractivity contribution in [3.8, 4) is 0 Å². The summed E-state index contributed by atoms with van der Waals surface area (Å²) in [5.74, 6) is 2.02. The number of rotatable bonds is 6. The first-order valence-corrected chi connectivity index (χ1v) is 15.4. The predicted molar refractivity (Wildman–Crippen MR) is 138 cm³/mol. The minimum atomic E-state index is -0.385. The molecule has 2 aromatic rings. The van der Waals surface area contributed by atoms with Crippen molar-refractivity contribution in [2.24, 2.45) is 23.7 Å². The van der Waals surface area contributed by atoms with E-state index >= 15 is 0 Å². The predicted octanol–water partition coefficient (Wildman–Crippen LogP) is 5.61. The van der Waals surface area contributed by atoms with Crippen LogP contribution in [-0.4, -0.2) is 47.8 Å². The molecule has 6 heteroatoms. The number of hydrogen-bond donors (Lipinski definition) is 0. The molecule has 0 N–H and O–H groups in total. The van der Waals surface area contributed by atoms with Gasteiger partial charge in [0.15, 0.2) is 0 Å². The molecule has 4 bridgehead atoms. The SMILES string of the molecule is CPC12CC(PC)(C(OC(=O)c3ccccc3)C1OC(=O)c1ccccc1)C1C3CCC(C3)C12. The van der Waals surface area contributed by atoms with Crippen LogP contribution in [0.1, 0.15) is 46.4 Å². The molecule has 4 aliphatic rings. The number of carbonyl (C=O) groups excluding carboxylic acids is 2. The Labute approximate surface area is 205 Å². The van der Waals surface area contributed by atoms with Crippen LogP contribution in [0.2, 0.25) is 0 Å². The molecule has 4 fully saturated rings. The van der Waals surface area contributed by atoms with Crippen molar-refractivity contribution < 1.29 is 19.1 Å². The fourth-order valence-electron chi connectivity index (χ4n) is 8.26. The van der Waals surface area contributed by atoms with Crippen LogP contribution in [0.25, 0.3) is 0 Å². The number of carbonyl (C=O) groups is 2. The van der Waals surface area contributed by atoms with E-state index in [-0.39, 0.29) is 34.5 Å². The van der Waals surface area contributed by atoms with E-state index in [9.17, 15) is 9.59 Å². The van der Waals surface area contributed by atoms with E-state index in [1.54, 1.807) is 24.3 Å². The zero-order chi connectivity index (χ0) is 23.5. The summed E-state index contributed by atoms with van der Waals surface area (Å²) in [5, 5.41) is -0.167. The summed E-state index contributed by atoms with van der Waals surface area (Å²) < 4.78 is 12.8. The van der Waals surface area contributed by atoms with E-state index in [1.165, 1.54) is 19.3 Å². The lowest BCUT2D eigenvalue weighted by molar-refractivity contribution is -0.0752. The Morgan fingerprint density at radius 2 is 1.15 bits per heavy atom. The van der Waals surface area contributed by atoms with E-state index in [2.05, 4.69) is 13.3 Å². The van der Waals surface area contributed by atoms with Crippen LogP contribution < -0.4 is 0 Å². The Kier molecular flexibility index (Phi) is 5.62. The highest BCUT2D eigenvalue weighted by molar-refractivity contribution is 7.41. The summed E-state index contributed by atoms with van der Waals surface area (Å²) in [5.41, 5.74) is 1.12. The molecule has 0 amide bonds. The van der Waals surface area contributed by atoms with E-state index in [0.29, 0.717) is 40.1 Å². The second kappa shape index (κ2) is 8.42. The van der Waals surface area contributed by atoms with Crippen molar-refractivity contribution in [1.29, 1.82) is 0 Å². The second-order valence-corrected chi connectivity index (χ2v) is 13.4. The number of hydrogen-bond acceptors (Lipinski definition) is 4. The molecule has 0 heterocycles. The van der Waals surface area contributed by atoms with Crippen LogP contribution in [0.5, 0.6) is 0 Å². The van der Waals surface area contributed by atoms with Gasteiger partial charge in [-0.2, -0.15) is 0 Å². The lowest BCUT2D eigenvalue weighted by atomic mass is 9.68. The van der Waals surface area contributed by atoms with Crippen molar-refractivity contribution in [2.75, 3.05) is 13.3 Å². The molecule has 0 radical (unpaired) electrons. The summed E-state index contributed by atoms with van der Waals surface area (Å²) in [7, 11) is 1.30. The van der Waals surface area contributed by atoms with Gasteiger partial charge in [-0.25, -0.2) is 9.59 Å². The third-order valence-corrected chi connectivity index (χ3v) is 12.9. The second-order valence-electron chi connectivity index (χ2n) is 10.5. The minimum absolute atomic E-state index is 0.0837. The average molecular weight is 495 g/mol. The Hall–Kier alpha value is -1.76. The van der Waals surface area contributed by atoms with Gasteiger partial charge in [-0.05, 0) is 87.0 Å². The van der Waals surface area contributed by atoms with Gasteiger partial charge in [-0.3, -0.25) is 0 Å². The maximum absolute atomic E-state index is 13.3. The summed E-state index contributed by atoms with van der Waals surface area (Å²) in [6.45, 7) is 4.56. The topological polar surface area (TPSA) is 52.6 Å². The Morgan fingerprint density at radius 3 is 1.53 bits per heavy atom. The summed E-state index contributed by atoms with van der Waals surface area (Å²) >= 11 is 0. The summed E-state index contributed by atoms with van der Waals surface area (Å²) in [6, 6.07) is 18.5. The highest BCUT2D eigenvalue weighted by Gasteiger charge is 2.80. The number of esters is 2. The molecule has 0 aliphatic heterocycles. The van der Waals surface area contributed by atoms with E-state index in [0.717, 1.165) is 18.3 Å². The van der Waals surface area contributed by atoms with Crippen LogP contribution in [0.4, 0.5) is 0 Å². The summed E-state index contributed by atoms with van der Waals surface area (Å²) in [6.07, 6.45) is 4.15. The smallest absolute Gasteiger partial charge is 0.338 e. The van der Waals surface area contributed by atoms with Gasteiger partial charge in [0.1, 0.15) is 12.2 Å². The normalized spacial score (nSPS) is 39.8. The summed E-state index contributed by atoms with van der Waals surface area (Å²) in [4.78, 5) is 26.6. The molecule has 4 saturated carbocycles. The molecule has 2 aromatic carbocycles. The third-order valence-electron chi connectivity index (χ3n) is 9.40. The Bertz CT molecular complexity index is 1010. The number of benzene rings is 2. The van der Waals surface area contributed by atoms with Gasteiger partial charge in [0, 0.05) is 10.3 Å². The van der Waals surface area contributed by atoms with Crippen LogP contribution in [0, 0.1) is 23.7 Å². The maximum Gasteiger partial charge on any atom is 0.338 e.